The molecule has 1 N–H and O–H groups in total. The van der Waals surface area contributed by atoms with Crippen molar-refractivity contribution >= 4 is 5.91 Å². The van der Waals surface area contributed by atoms with Gasteiger partial charge in [-0.1, -0.05) is 0 Å². The molecule has 14 heavy (non-hydrogen) atoms. The third-order valence-electron chi connectivity index (χ3n) is 2.33. The molecule has 0 aliphatic carbocycles. The fraction of sp³-hybridized carbons (Fsp3) is 0.300. The zero-order valence-corrected chi connectivity index (χ0v) is 7.39. The maximum Gasteiger partial charge on any atom is 0.220 e. The van der Waals surface area contributed by atoms with Gasteiger partial charge in [0.1, 0.15) is 11.6 Å². The summed E-state index contributed by atoms with van der Waals surface area (Å²) < 4.78 is 25.7. The Hall–Kier alpha value is -1.45. The van der Waals surface area contributed by atoms with Crippen LogP contribution in [0.25, 0.3) is 0 Å². The Morgan fingerprint density at radius 3 is 2.36 bits per heavy atom. The largest absolute Gasteiger partial charge is 0.355 e. The molecule has 1 aliphatic rings. The Labute approximate surface area is 79.9 Å². The number of hydrogen-bond donors (Lipinski definition) is 1. The van der Waals surface area contributed by atoms with Crippen LogP contribution in [0, 0.1) is 11.6 Å². The first-order chi connectivity index (χ1) is 6.65. The highest BCUT2D eigenvalue weighted by molar-refractivity contribution is 5.79. The molecule has 1 aromatic rings. The van der Waals surface area contributed by atoms with E-state index in [4.69, 9.17) is 0 Å². The second-order valence-corrected chi connectivity index (χ2v) is 3.41. The number of rotatable bonds is 1. The van der Waals surface area contributed by atoms with E-state index in [-0.39, 0.29) is 11.8 Å². The molecule has 1 fully saturated rings. The van der Waals surface area contributed by atoms with Gasteiger partial charge < -0.3 is 5.32 Å². The van der Waals surface area contributed by atoms with E-state index in [0.717, 1.165) is 6.07 Å². The van der Waals surface area contributed by atoms with E-state index in [9.17, 15) is 13.6 Å². The van der Waals surface area contributed by atoms with Gasteiger partial charge in [-0.3, -0.25) is 4.79 Å². The number of carbonyl (C=O) groups excluding carboxylic acids is 1. The van der Waals surface area contributed by atoms with E-state index in [1.165, 1.54) is 12.1 Å². The topological polar surface area (TPSA) is 29.1 Å². The smallest absolute Gasteiger partial charge is 0.220 e. The lowest BCUT2D eigenvalue weighted by molar-refractivity contribution is -0.119. The van der Waals surface area contributed by atoms with Crippen molar-refractivity contribution in [3.8, 4) is 0 Å². The lowest BCUT2D eigenvalue weighted by Crippen LogP contribution is -2.13. The lowest BCUT2D eigenvalue weighted by Gasteiger charge is -2.07. The molecule has 0 unspecified atom stereocenters. The number of hydrogen-bond acceptors (Lipinski definition) is 1. The van der Waals surface area contributed by atoms with Crippen molar-refractivity contribution in [2.75, 3.05) is 6.54 Å². The van der Waals surface area contributed by atoms with Gasteiger partial charge in [-0.25, -0.2) is 8.78 Å². The van der Waals surface area contributed by atoms with E-state index in [1.54, 1.807) is 0 Å². The number of carbonyl (C=O) groups is 1. The van der Waals surface area contributed by atoms with E-state index < -0.39 is 11.6 Å². The van der Waals surface area contributed by atoms with Gasteiger partial charge in [0.2, 0.25) is 5.91 Å². The van der Waals surface area contributed by atoms with Gasteiger partial charge in [-0.05, 0) is 17.7 Å². The maximum absolute atomic E-state index is 12.8. The van der Waals surface area contributed by atoms with Crippen molar-refractivity contribution in [2.45, 2.75) is 12.3 Å². The van der Waals surface area contributed by atoms with Gasteiger partial charge >= 0.3 is 0 Å². The minimum absolute atomic E-state index is 0.0698. The number of benzene rings is 1. The van der Waals surface area contributed by atoms with Crippen molar-refractivity contribution in [1.29, 1.82) is 0 Å². The third-order valence-corrected chi connectivity index (χ3v) is 2.33. The van der Waals surface area contributed by atoms with Crippen LogP contribution < -0.4 is 5.32 Å². The highest BCUT2D eigenvalue weighted by atomic mass is 19.1. The average molecular weight is 197 g/mol. The molecule has 1 amide bonds. The highest BCUT2D eigenvalue weighted by Gasteiger charge is 2.23. The van der Waals surface area contributed by atoms with Crippen LogP contribution in [0.4, 0.5) is 8.78 Å². The van der Waals surface area contributed by atoms with Crippen LogP contribution >= 0.6 is 0 Å². The molecule has 0 spiro atoms. The minimum atomic E-state index is -0.598. The van der Waals surface area contributed by atoms with Crippen LogP contribution in [-0.4, -0.2) is 12.5 Å². The summed E-state index contributed by atoms with van der Waals surface area (Å²) in [7, 11) is 0. The van der Waals surface area contributed by atoms with Crippen molar-refractivity contribution in [1.82, 2.24) is 5.32 Å². The minimum Gasteiger partial charge on any atom is -0.355 e. The van der Waals surface area contributed by atoms with Crippen LogP contribution in [0.15, 0.2) is 18.2 Å². The Kier molecular flexibility index (Phi) is 2.19. The fourth-order valence-corrected chi connectivity index (χ4v) is 1.65. The Morgan fingerprint density at radius 2 is 1.86 bits per heavy atom. The van der Waals surface area contributed by atoms with Crippen LogP contribution in [0.1, 0.15) is 17.9 Å². The summed E-state index contributed by atoms with van der Waals surface area (Å²) in [5, 5.41) is 2.62. The van der Waals surface area contributed by atoms with Crippen molar-refractivity contribution in [3.05, 3.63) is 35.4 Å². The number of amides is 1. The van der Waals surface area contributed by atoms with Gasteiger partial charge in [-0.2, -0.15) is 0 Å². The monoisotopic (exact) mass is 197 g/mol. The third kappa shape index (κ3) is 1.73. The summed E-state index contributed by atoms with van der Waals surface area (Å²) in [4.78, 5) is 10.9. The van der Waals surface area contributed by atoms with Gasteiger partial charge in [0, 0.05) is 24.9 Å². The predicted molar refractivity (Wildman–Crippen MR) is 46.7 cm³/mol. The maximum atomic E-state index is 12.8. The normalized spacial score (nSPS) is 21.0. The standard InChI is InChI=1S/C10H9F2NO/c11-8-1-6(2-9(12)4-8)7-3-10(14)13-5-7/h1-2,4,7H,3,5H2,(H,13,14)/t7-/m0/s1. The summed E-state index contributed by atoms with van der Waals surface area (Å²) in [5.74, 6) is -1.37. The second-order valence-electron chi connectivity index (χ2n) is 3.41. The Morgan fingerprint density at radius 1 is 1.21 bits per heavy atom. The first-order valence-corrected chi connectivity index (χ1v) is 4.38. The Balaban J connectivity index is 2.27. The van der Waals surface area contributed by atoms with E-state index in [2.05, 4.69) is 5.32 Å². The number of nitrogens with one attached hydrogen (secondary N) is 1. The Bertz CT molecular complexity index is 358. The molecule has 1 heterocycles. The molecule has 1 aromatic carbocycles. The SMILES string of the molecule is O=C1C[C@H](c2cc(F)cc(F)c2)CN1. The van der Waals surface area contributed by atoms with Gasteiger partial charge in [0.25, 0.3) is 0 Å². The summed E-state index contributed by atoms with van der Waals surface area (Å²) in [5.41, 5.74) is 0.542. The summed E-state index contributed by atoms with van der Waals surface area (Å²) in [6, 6.07) is 3.37. The highest BCUT2D eigenvalue weighted by Crippen LogP contribution is 2.24. The molecular formula is C10H9F2NO. The quantitative estimate of drug-likeness (QED) is 0.727. The first-order valence-electron chi connectivity index (χ1n) is 4.38. The van der Waals surface area contributed by atoms with Crippen LogP contribution in [0.3, 0.4) is 0 Å². The molecule has 1 aliphatic heterocycles. The van der Waals surface area contributed by atoms with Crippen LogP contribution in [0.5, 0.6) is 0 Å². The zero-order valence-electron chi connectivity index (χ0n) is 7.39. The van der Waals surface area contributed by atoms with Gasteiger partial charge in [0.15, 0.2) is 0 Å². The molecule has 1 saturated heterocycles. The lowest BCUT2D eigenvalue weighted by atomic mass is 9.98. The second kappa shape index (κ2) is 3.36. The molecule has 1 atom stereocenters. The summed E-state index contributed by atoms with van der Waals surface area (Å²) in [6.45, 7) is 0.460. The predicted octanol–water partition coefficient (Wildman–Crippen LogP) is 1.57. The molecule has 0 bridgehead atoms. The molecule has 74 valence electrons. The van der Waals surface area contributed by atoms with Crippen molar-refractivity contribution < 1.29 is 13.6 Å². The van der Waals surface area contributed by atoms with E-state index in [1.807, 2.05) is 0 Å². The first kappa shape index (κ1) is 9.12. The summed E-state index contributed by atoms with van der Waals surface area (Å²) >= 11 is 0. The molecule has 2 nitrogen and oxygen atoms in total. The number of halogens is 2. The van der Waals surface area contributed by atoms with E-state index in [0.29, 0.717) is 18.5 Å². The van der Waals surface area contributed by atoms with Crippen LogP contribution in [-0.2, 0) is 4.79 Å². The van der Waals surface area contributed by atoms with Crippen molar-refractivity contribution in [2.24, 2.45) is 0 Å². The molecule has 0 saturated carbocycles. The fourth-order valence-electron chi connectivity index (χ4n) is 1.65. The molecule has 0 radical (unpaired) electrons. The van der Waals surface area contributed by atoms with E-state index >= 15 is 0 Å². The van der Waals surface area contributed by atoms with Gasteiger partial charge in [0.05, 0.1) is 0 Å². The van der Waals surface area contributed by atoms with Crippen LogP contribution in [0.2, 0.25) is 0 Å². The van der Waals surface area contributed by atoms with Crippen molar-refractivity contribution in [3.63, 3.8) is 0 Å². The average Bonchev–Trinajstić information content (AvgIpc) is 2.50. The molecule has 0 aromatic heterocycles. The van der Waals surface area contributed by atoms with Gasteiger partial charge in [-0.15, -0.1) is 0 Å². The molecule has 2 rings (SSSR count). The zero-order chi connectivity index (χ0) is 10.1. The molecule has 4 heteroatoms. The molecular weight excluding hydrogens is 188 g/mol. The summed E-state index contributed by atoms with van der Waals surface area (Å²) in [6.07, 6.45) is 0.308.